The van der Waals surface area contributed by atoms with Gasteiger partial charge in [0.2, 0.25) is 22.2 Å². The Balaban J connectivity index is 0.000000594. The molecule has 2 amide bonds. The molecule has 0 aliphatic rings. The van der Waals surface area contributed by atoms with E-state index in [0.717, 1.165) is 22.7 Å². The quantitative estimate of drug-likeness (QED) is 0.0658. The molecule has 22 nitrogen and oxygen atoms in total. The smallest absolute Gasteiger partial charge is 0.370 e. The van der Waals surface area contributed by atoms with Crippen LogP contribution in [0.25, 0.3) is 0 Å². The van der Waals surface area contributed by atoms with E-state index >= 15 is 0 Å². The molecule has 204 valence electrons. The highest BCUT2D eigenvalue weighted by atomic mass is 32.3. The number of carbonyl (C=O) groups excluding carboxylic acids is 2. The van der Waals surface area contributed by atoms with Crippen molar-refractivity contribution in [1.82, 2.24) is 20.8 Å². The van der Waals surface area contributed by atoms with Crippen LogP contribution in [0.5, 0.6) is 0 Å². The summed E-state index contributed by atoms with van der Waals surface area (Å²) in [5, 5.41) is 10.1. The van der Waals surface area contributed by atoms with E-state index in [9.17, 15) is 9.59 Å². The van der Waals surface area contributed by atoms with Crippen molar-refractivity contribution in [3.05, 3.63) is 22.1 Å². The van der Waals surface area contributed by atoms with Gasteiger partial charge >= 0.3 is 10.4 Å². The summed E-state index contributed by atoms with van der Waals surface area (Å²) in [6.07, 6.45) is 0. The molecule has 0 spiro atoms. The molecule has 0 atom stereocenters. The van der Waals surface area contributed by atoms with Gasteiger partial charge in [-0.1, -0.05) is 0 Å². The minimum atomic E-state index is -4.67. The number of guanidine groups is 4. The summed E-state index contributed by atoms with van der Waals surface area (Å²) < 4.78 is 31.6. The molecule has 0 aliphatic carbocycles. The van der Waals surface area contributed by atoms with Crippen molar-refractivity contribution in [2.75, 3.05) is 0 Å². The Kier molecular flexibility index (Phi) is 13.2. The Labute approximate surface area is 215 Å². The zero-order chi connectivity index (χ0) is 28.8. The summed E-state index contributed by atoms with van der Waals surface area (Å²) in [6.45, 7) is 0. The van der Waals surface area contributed by atoms with Gasteiger partial charge in [-0.15, -0.1) is 32.9 Å². The second-order valence-electron chi connectivity index (χ2n) is 5.51. The van der Waals surface area contributed by atoms with Crippen LogP contribution in [0.3, 0.4) is 0 Å². The normalized spacial score (nSPS) is 9.57. The summed E-state index contributed by atoms with van der Waals surface area (Å²) in [5.74, 6) is -1.89. The standard InChI is InChI=1S/2C6H10N8OS.H2O4S/c2*7-4(8)12-6-11-2(1-16-6)3(15)13-14-5(9)10;1-5(2,3)4/h2*1H,(H,13,15)(H4,9,10,14)(H4,7,8,11,12);(H2,1,2,3,4). The zero-order valence-electron chi connectivity index (χ0n) is 18.2. The van der Waals surface area contributed by atoms with Gasteiger partial charge in [0.1, 0.15) is 11.4 Å². The second kappa shape index (κ2) is 15.2. The molecule has 0 aliphatic heterocycles. The van der Waals surface area contributed by atoms with Crippen molar-refractivity contribution >= 4 is 79.0 Å². The molecule has 25 heteroatoms. The molecule has 2 aromatic heterocycles. The number of hydrazone groups is 2. The fourth-order valence-electron chi connectivity index (χ4n) is 1.41. The van der Waals surface area contributed by atoms with Crippen LogP contribution in [0.15, 0.2) is 30.9 Å². The minimum absolute atomic E-state index is 0.120. The number of amides is 2. The molecule has 0 saturated heterocycles. The third-order valence-electron chi connectivity index (χ3n) is 2.47. The van der Waals surface area contributed by atoms with E-state index in [4.69, 9.17) is 63.4 Å². The second-order valence-corrected chi connectivity index (χ2v) is 8.08. The highest BCUT2D eigenvalue weighted by molar-refractivity contribution is 7.79. The van der Waals surface area contributed by atoms with E-state index in [1.54, 1.807) is 0 Å². The number of rotatable bonds is 6. The molecule has 20 N–H and O–H groups in total. The summed E-state index contributed by atoms with van der Waals surface area (Å²) in [4.78, 5) is 37.7. The molecular weight excluding hydrogens is 560 g/mol. The summed E-state index contributed by atoms with van der Waals surface area (Å²) in [5.41, 5.74) is 45.1. The first kappa shape index (κ1) is 32.1. The number of hydrogen-bond acceptors (Lipinski definition) is 12. The third-order valence-corrected chi connectivity index (χ3v) is 3.94. The summed E-state index contributed by atoms with van der Waals surface area (Å²) in [6, 6.07) is 0. The van der Waals surface area contributed by atoms with E-state index in [0.29, 0.717) is 0 Å². The Bertz CT molecular complexity index is 1190. The molecule has 0 bridgehead atoms. The van der Waals surface area contributed by atoms with Crippen LogP contribution < -0.4 is 56.7 Å². The van der Waals surface area contributed by atoms with Crippen molar-refractivity contribution in [2.24, 2.45) is 66.1 Å². The molecule has 2 aromatic rings. The van der Waals surface area contributed by atoms with Crippen LogP contribution in [-0.2, 0) is 10.4 Å². The first-order valence-corrected chi connectivity index (χ1v) is 11.7. The van der Waals surface area contributed by atoms with Gasteiger partial charge in [-0.3, -0.25) is 18.7 Å². The van der Waals surface area contributed by atoms with Gasteiger partial charge in [-0.05, 0) is 0 Å². The molecular formula is C12H22N16O6S3. The molecule has 2 heterocycles. The number of thiazole rings is 2. The van der Waals surface area contributed by atoms with Crippen LogP contribution in [0.1, 0.15) is 21.0 Å². The lowest BCUT2D eigenvalue weighted by Crippen LogP contribution is -2.29. The fraction of sp³-hybridized carbons (Fsp3) is 0. The topological polar surface area (TPSA) is 416 Å². The van der Waals surface area contributed by atoms with Crippen molar-refractivity contribution in [1.29, 1.82) is 0 Å². The maximum absolute atomic E-state index is 11.4. The Morgan fingerprint density at radius 1 is 0.703 bits per heavy atom. The van der Waals surface area contributed by atoms with Crippen LogP contribution in [0.2, 0.25) is 0 Å². The fourth-order valence-corrected chi connectivity index (χ4v) is 2.78. The van der Waals surface area contributed by atoms with Crippen LogP contribution in [0.4, 0.5) is 10.3 Å². The number of hydrogen-bond donors (Lipinski definition) is 12. The predicted molar refractivity (Wildman–Crippen MR) is 136 cm³/mol. The van der Waals surface area contributed by atoms with Crippen LogP contribution in [-0.4, -0.2) is 63.1 Å². The summed E-state index contributed by atoms with van der Waals surface area (Å²) in [7, 11) is -4.67. The number of carbonyl (C=O) groups is 2. The lowest BCUT2D eigenvalue weighted by atomic mass is 10.5. The van der Waals surface area contributed by atoms with Crippen molar-refractivity contribution in [3.8, 4) is 0 Å². The maximum atomic E-state index is 11.4. The maximum Gasteiger partial charge on any atom is 0.394 e. The molecule has 2 rings (SSSR count). The zero-order valence-corrected chi connectivity index (χ0v) is 20.7. The largest absolute Gasteiger partial charge is 0.394 e. The van der Waals surface area contributed by atoms with Gasteiger partial charge in [0.25, 0.3) is 11.8 Å². The van der Waals surface area contributed by atoms with Crippen LogP contribution in [0, 0.1) is 0 Å². The van der Waals surface area contributed by atoms with Gasteiger partial charge in [0, 0.05) is 10.8 Å². The van der Waals surface area contributed by atoms with E-state index < -0.39 is 22.2 Å². The monoisotopic (exact) mass is 582 g/mol. The average Bonchev–Trinajstić information content (AvgIpc) is 3.38. The number of nitrogens with zero attached hydrogens (tertiary/aromatic N) is 6. The molecule has 0 unspecified atom stereocenters. The third kappa shape index (κ3) is 17.3. The van der Waals surface area contributed by atoms with E-state index in [2.05, 4.69) is 41.0 Å². The number of aliphatic imine (C=N–C) groups is 2. The van der Waals surface area contributed by atoms with Crippen molar-refractivity contribution in [2.45, 2.75) is 0 Å². The lowest BCUT2D eigenvalue weighted by molar-refractivity contribution is 0.0942. The molecule has 37 heavy (non-hydrogen) atoms. The number of nitrogens with two attached hydrogens (primary N) is 8. The average molecular weight is 583 g/mol. The van der Waals surface area contributed by atoms with Crippen molar-refractivity contribution < 1.29 is 27.1 Å². The molecule has 0 radical (unpaired) electrons. The first-order chi connectivity index (χ1) is 17.0. The Morgan fingerprint density at radius 2 is 1.00 bits per heavy atom. The molecule has 0 fully saturated rings. The summed E-state index contributed by atoms with van der Waals surface area (Å²) >= 11 is 2.22. The lowest BCUT2D eigenvalue weighted by Gasteiger charge is -1.94. The van der Waals surface area contributed by atoms with Gasteiger partial charge in [-0.25, -0.2) is 20.8 Å². The molecule has 0 saturated carbocycles. The van der Waals surface area contributed by atoms with E-state index in [-0.39, 0.29) is 45.5 Å². The van der Waals surface area contributed by atoms with E-state index in [1.165, 1.54) is 10.8 Å². The predicted octanol–water partition coefficient (Wildman–Crippen LogP) is -4.72. The molecule has 0 aromatic carbocycles. The highest BCUT2D eigenvalue weighted by Crippen LogP contribution is 2.18. The van der Waals surface area contributed by atoms with Crippen LogP contribution >= 0.6 is 22.7 Å². The minimum Gasteiger partial charge on any atom is -0.370 e. The number of nitrogens with one attached hydrogen (secondary N) is 2. The SMILES string of the molecule is NC(N)=NNC(=O)c1csc(N=C(N)N)n1.NC(N)=NNC(=O)c1csc(N=C(N)N)n1.O=S(=O)(O)O. The first-order valence-electron chi connectivity index (χ1n) is 8.56. The van der Waals surface area contributed by atoms with Crippen molar-refractivity contribution in [3.63, 3.8) is 0 Å². The van der Waals surface area contributed by atoms with Gasteiger partial charge in [0.05, 0.1) is 0 Å². The highest BCUT2D eigenvalue weighted by Gasteiger charge is 2.10. The Hall–Kier alpha value is -4.85. The van der Waals surface area contributed by atoms with Gasteiger partial charge in [-0.2, -0.15) is 18.4 Å². The van der Waals surface area contributed by atoms with E-state index in [1.807, 2.05) is 0 Å². The van der Waals surface area contributed by atoms with Gasteiger partial charge in [0.15, 0.2) is 11.9 Å². The van der Waals surface area contributed by atoms with Gasteiger partial charge < -0.3 is 45.9 Å². The number of aromatic nitrogens is 2. The Morgan fingerprint density at radius 3 is 1.24 bits per heavy atom.